The summed E-state index contributed by atoms with van der Waals surface area (Å²) in [6, 6.07) is 2.52. The van der Waals surface area contributed by atoms with Crippen molar-refractivity contribution in [3.63, 3.8) is 0 Å². The number of rotatable bonds is 5. The molecular weight excluding hydrogens is 525 g/mol. The average molecular weight is 555 g/mol. The van der Waals surface area contributed by atoms with Gasteiger partial charge in [-0.2, -0.15) is 18.2 Å². The number of alkyl halides is 3. The maximum Gasteiger partial charge on any atom is 0.418 e. The van der Waals surface area contributed by atoms with Crippen LogP contribution >= 0.6 is 15.9 Å². The number of benzene rings is 1. The maximum atomic E-state index is 13.7. The van der Waals surface area contributed by atoms with E-state index in [2.05, 4.69) is 21.2 Å². The molecule has 1 aromatic carbocycles. The smallest absolute Gasteiger partial charge is 0.362 e. The Bertz CT molecular complexity index is 1090. The van der Waals surface area contributed by atoms with Crippen molar-refractivity contribution >= 4 is 39.4 Å². The van der Waals surface area contributed by atoms with Crippen molar-refractivity contribution in [1.82, 2.24) is 9.97 Å². The highest BCUT2D eigenvalue weighted by Crippen LogP contribution is 2.40. The minimum atomic E-state index is -4.61. The molecule has 1 heterocycles. The molecule has 2 aliphatic carbocycles. The van der Waals surface area contributed by atoms with Crippen LogP contribution in [0, 0.1) is 0 Å². The molecular formula is C24H30BrF3N6O. The minimum absolute atomic E-state index is 0.0598. The third kappa shape index (κ3) is 5.65. The minimum Gasteiger partial charge on any atom is -0.362 e. The van der Waals surface area contributed by atoms with Crippen LogP contribution in [0.25, 0.3) is 0 Å². The van der Waals surface area contributed by atoms with E-state index in [-0.39, 0.29) is 16.2 Å². The van der Waals surface area contributed by atoms with Gasteiger partial charge in [0.15, 0.2) is 0 Å². The lowest BCUT2D eigenvalue weighted by Gasteiger charge is -2.37. The Kier molecular flexibility index (Phi) is 7.44. The lowest BCUT2D eigenvalue weighted by molar-refractivity contribution is -0.137. The lowest BCUT2D eigenvalue weighted by atomic mass is 9.89. The summed E-state index contributed by atoms with van der Waals surface area (Å²) in [4.78, 5) is 24.9. The number of primary amides is 1. The van der Waals surface area contributed by atoms with Gasteiger partial charge in [-0.1, -0.05) is 15.9 Å². The summed E-state index contributed by atoms with van der Waals surface area (Å²) >= 11 is 3.09. The Labute approximate surface area is 211 Å². The van der Waals surface area contributed by atoms with Crippen molar-refractivity contribution < 1.29 is 18.0 Å². The predicted molar refractivity (Wildman–Crippen MR) is 134 cm³/mol. The number of amides is 2. The van der Waals surface area contributed by atoms with Crippen LogP contribution in [-0.2, 0) is 19.0 Å². The van der Waals surface area contributed by atoms with Crippen LogP contribution in [-0.4, -0.2) is 42.2 Å². The van der Waals surface area contributed by atoms with E-state index in [1.165, 1.54) is 17.7 Å². The van der Waals surface area contributed by atoms with Gasteiger partial charge in [-0.05, 0) is 69.6 Å². The lowest BCUT2D eigenvalue weighted by Crippen LogP contribution is -2.47. The number of urea groups is 1. The van der Waals surface area contributed by atoms with Crippen LogP contribution in [0.15, 0.2) is 22.7 Å². The number of hydrogen-bond acceptors (Lipinski definition) is 5. The Hall–Kier alpha value is -2.56. The van der Waals surface area contributed by atoms with E-state index >= 15 is 0 Å². The highest BCUT2D eigenvalue weighted by molar-refractivity contribution is 9.10. The van der Waals surface area contributed by atoms with E-state index in [9.17, 15) is 18.0 Å². The molecule has 0 bridgehead atoms. The molecule has 0 aliphatic heterocycles. The first kappa shape index (κ1) is 25.5. The average Bonchev–Trinajstić information content (AvgIpc) is 2.80. The molecule has 7 nitrogen and oxygen atoms in total. The monoisotopic (exact) mass is 554 g/mol. The number of nitrogens with two attached hydrogens (primary N) is 1. The second kappa shape index (κ2) is 10.2. The molecule has 1 fully saturated rings. The quantitative estimate of drug-likeness (QED) is 0.508. The van der Waals surface area contributed by atoms with Gasteiger partial charge in [0, 0.05) is 36.2 Å². The van der Waals surface area contributed by atoms with Crippen LogP contribution in [0.1, 0.15) is 55.3 Å². The molecule has 0 spiro atoms. The Morgan fingerprint density at radius 2 is 1.80 bits per heavy atom. The fraction of sp³-hybridized carbons (Fsp3) is 0.542. The molecule has 0 unspecified atom stereocenters. The normalized spacial score (nSPS) is 20.2. The van der Waals surface area contributed by atoms with Crippen molar-refractivity contribution in [3.8, 4) is 0 Å². The van der Waals surface area contributed by atoms with Gasteiger partial charge < -0.3 is 16.0 Å². The van der Waals surface area contributed by atoms with Gasteiger partial charge >= 0.3 is 12.2 Å². The molecule has 190 valence electrons. The van der Waals surface area contributed by atoms with Crippen LogP contribution < -0.4 is 20.9 Å². The molecule has 0 radical (unpaired) electrons. The molecule has 11 heteroatoms. The summed E-state index contributed by atoms with van der Waals surface area (Å²) in [5.41, 5.74) is 6.79. The first-order valence-electron chi connectivity index (χ1n) is 11.8. The van der Waals surface area contributed by atoms with Crippen molar-refractivity contribution in [1.29, 1.82) is 0 Å². The number of aromatic nitrogens is 2. The number of carbonyl (C=O) groups is 1. The number of halogens is 4. The van der Waals surface area contributed by atoms with E-state index in [0.717, 1.165) is 48.2 Å². The summed E-state index contributed by atoms with van der Waals surface area (Å²) in [6.45, 7) is 0. The fourth-order valence-corrected chi connectivity index (χ4v) is 5.47. The van der Waals surface area contributed by atoms with Gasteiger partial charge in [-0.15, -0.1) is 0 Å². The van der Waals surface area contributed by atoms with E-state index in [4.69, 9.17) is 15.7 Å². The maximum absolute atomic E-state index is 13.7. The van der Waals surface area contributed by atoms with E-state index in [0.29, 0.717) is 31.6 Å². The standard InChI is InChI=1S/C24H30BrF3N6O/c1-33(2)21-17-5-3-4-6-19(17)31-23(32-21)30-15-8-10-16(11-9-15)34(22(29)35)20-12-7-14(25)13-18(20)24(26,27)28/h7,12-13,15-16H,3-6,8-11H2,1-2H3,(H2,29,35)(H,30,31,32). The number of hydrogen-bond donors (Lipinski definition) is 2. The zero-order valence-corrected chi connectivity index (χ0v) is 21.4. The summed E-state index contributed by atoms with van der Waals surface area (Å²) in [6.07, 6.45) is 1.89. The molecule has 3 N–H and O–H groups in total. The zero-order chi connectivity index (χ0) is 25.3. The summed E-state index contributed by atoms with van der Waals surface area (Å²) in [7, 11) is 3.95. The highest BCUT2D eigenvalue weighted by Gasteiger charge is 2.38. The number of aryl methyl sites for hydroxylation is 1. The second-order valence-electron chi connectivity index (χ2n) is 9.41. The number of nitrogens with one attached hydrogen (secondary N) is 1. The van der Waals surface area contributed by atoms with Gasteiger partial charge in [0.1, 0.15) is 5.82 Å². The summed E-state index contributed by atoms with van der Waals surface area (Å²) < 4.78 is 41.4. The second-order valence-corrected chi connectivity index (χ2v) is 10.3. The largest absolute Gasteiger partial charge is 0.418 e. The zero-order valence-electron chi connectivity index (χ0n) is 19.8. The third-order valence-electron chi connectivity index (χ3n) is 6.74. The fourth-order valence-electron chi connectivity index (χ4n) is 5.11. The third-order valence-corrected chi connectivity index (χ3v) is 7.23. The van der Waals surface area contributed by atoms with Gasteiger partial charge in [-0.25, -0.2) is 9.78 Å². The van der Waals surface area contributed by atoms with Gasteiger partial charge in [0.25, 0.3) is 0 Å². The first-order valence-corrected chi connectivity index (χ1v) is 12.6. The summed E-state index contributed by atoms with van der Waals surface area (Å²) in [5.74, 6) is 1.51. The van der Waals surface area contributed by atoms with E-state index < -0.39 is 23.8 Å². The molecule has 1 aromatic heterocycles. The molecule has 1 saturated carbocycles. The van der Waals surface area contributed by atoms with E-state index in [1.54, 1.807) is 0 Å². The Morgan fingerprint density at radius 1 is 1.11 bits per heavy atom. The molecule has 35 heavy (non-hydrogen) atoms. The Morgan fingerprint density at radius 3 is 2.43 bits per heavy atom. The van der Waals surface area contributed by atoms with Crippen LogP contribution in [0.4, 0.5) is 35.4 Å². The Balaban J connectivity index is 1.50. The highest BCUT2D eigenvalue weighted by atomic mass is 79.9. The van der Waals surface area contributed by atoms with Crippen LogP contribution in [0.3, 0.4) is 0 Å². The van der Waals surface area contributed by atoms with Crippen LogP contribution in [0.2, 0.25) is 0 Å². The number of carbonyl (C=O) groups excluding carboxylic acids is 1. The molecule has 4 rings (SSSR count). The number of fused-ring (bicyclic) bond motifs is 1. The topological polar surface area (TPSA) is 87.4 Å². The number of nitrogens with zero attached hydrogens (tertiary/aromatic N) is 4. The molecule has 2 aliphatic rings. The van der Waals surface area contributed by atoms with Crippen molar-refractivity contribution in [2.24, 2.45) is 5.73 Å². The van der Waals surface area contributed by atoms with Gasteiger partial charge in [0.2, 0.25) is 5.95 Å². The van der Waals surface area contributed by atoms with Gasteiger partial charge in [-0.3, -0.25) is 4.90 Å². The molecule has 0 atom stereocenters. The van der Waals surface area contributed by atoms with Crippen molar-refractivity contribution in [2.45, 2.75) is 69.6 Å². The number of anilines is 3. The van der Waals surface area contributed by atoms with Crippen molar-refractivity contribution in [3.05, 3.63) is 39.5 Å². The predicted octanol–water partition coefficient (Wildman–Crippen LogP) is 5.51. The first-order chi connectivity index (χ1) is 16.5. The summed E-state index contributed by atoms with van der Waals surface area (Å²) in [5, 5.41) is 3.43. The molecule has 2 amide bonds. The van der Waals surface area contributed by atoms with Crippen LogP contribution in [0.5, 0.6) is 0 Å². The molecule has 2 aromatic rings. The van der Waals surface area contributed by atoms with Crippen molar-refractivity contribution in [2.75, 3.05) is 29.2 Å². The van der Waals surface area contributed by atoms with Gasteiger partial charge in [0.05, 0.1) is 16.9 Å². The SMILES string of the molecule is CN(C)c1nc(NC2CCC(N(C(N)=O)c3ccc(Br)cc3C(F)(F)F)CC2)nc2c1CCCC2. The molecule has 0 saturated heterocycles. The van der Waals surface area contributed by atoms with E-state index in [1.807, 2.05) is 19.0 Å².